The number of carbonyl (C=O) groups is 2. The highest BCUT2D eigenvalue weighted by atomic mass is 19.1. The van der Waals surface area contributed by atoms with Gasteiger partial charge in [-0.15, -0.1) is 0 Å². The van der Waals surface area contributed by atoms with Gasteiger partial charge >= 0.3 is 5.97 Å². The van der Waals surface area contributed by atoms with Crippen molar-refractivity contribution in [2.75, 3.05) is 12.4 Å². The van der Waals surface area contributed by atoms with Crippen LogP contribution in [0.2, 0.25) is 0 Å². The van der Waals surface area contributed by atoms with Gasteiger partial charge in [0.25, 0.3) is 5.91 Å². The zero-order valence-electron chi connectivity index (χ0n) is 10.4. The molecule has 5 nitrogen and oxygen atoms in total. The molecule has 2 N–H and O–H groups in total. The second kappa shape index (κ2) is 4.97. The average Bonchev–Trinajstić information content (AvgIpc) is 2.31. The third-order valence-electron chi connectivity index (χ3n) is 3.43. The highest BCUT2D eigenvalue weighted by molar-refractivity contribution is 5.99. The van der Waals surface area contributed by atoms with Crippen LogP contribution in [-0.2, 0) is 9.53 Å². The van der Waals surface area contributed by atoms with Crippen LogP contribution >= 0.6 is 0 Å². The van der Waals surface area contributed by atoms with Crippen LogP contribution in [0.15, 0.2) is 18.2 Å². The Morgan fingerprint density at radius 3 is 2.58 bits per heavy atom. The fourth-order valence-electron chi connectivity index (χ4n) is 2.01. The molecule has 102 valence electrons. The smallest absolute Gasteiger partial charge is 0.335 e. The molecule has 1 saturated carbocycles. The summed E-state index contributed by atoms with van der Waals surface area (Å²) in [6, 6.07) is 3.25. The Bertz CT molecular complexity index is 520. The molecule has 6 heteroatoms. The molecular weight excluding hydrogens is 253 g/mol. The Labute approximate surface area is 109 Å². The van der Waals surface area contributed by atoms with Crippen LogP contribution < -0.4 is 5.32 Å². The highest BCUT2D eigenvalue weighted by Crippen LogP contribution is 2.36. The van der Waals surface area contributed by atoms with E-state index in [1.54, 1.807) is 0 Å². The molecule has 0 unspecified atom stereocenters. The molecule has 1 aromatic carbocycles. The number of methoxy groups -OCH3 is 1. The number of halogens is 1. The SMILES string of the molecule is COC1(C(=O)Nc2cc(C(=O)O)ccc2F)CCC1. The van der Waals surface area contributed by atoms with Gasteiger partial charge in [-0.3, -0.25) is 4.79 Å². The van der Waals surface area contributed by atoms with Gasteiger partial charge in [0, 0.05) is 7.11 Å². The lowest BCUT2D eigenvalue weighted by Gasteiger charge is -2.38. The van der Waals surface area contributed by atoms with Crippen molar-refractivity contribution in [1.29, 1.82) is 0 Å². The Morgan fingerprint density at radius 1 is 1.42 bits per heavy atom. The predicted molar refractivity (Wildman–Crippen MR) is 65.6 cm³/mol. The minimum atomic E-state index is -1.18. The van der Waals surface area contributed by atoms with Crippen molar-refractivity contribution in [3.8, 4) is 0 Å². The minimum absolute atomic E-state index is 0.0863. The quantitative estimate of drug-likeness (QED) is 0.875. The molecule has 0 atom stereocenters. The lowest BCUT2D eigenvalue weighted by Crippen LogP contribution is -2.50. The third kappa shape index (κ3) is 2.44. The maximum Gasteiger partial charge on any atom is 0.335 e. The van der Waals surface area contributed by atoms with Crippen molar-refractivity contribution in [1.82, 2.24) is 0 Å². The summed E-state index contributed by atoms with van der Waals surface area (Å²) < 4.78 is 18.7. The van der Waals surface area contributed by atoms with Crippen LogP contribution in [0.1, 0.15) is 29.6 Å². The van der Waals surface area contributed by atoms with E-state index in [0.29, 0.717) is 12.8 Å². The Kier molecular flexibility index (Phi) is 3.53. The molecule has 0 saturated heterocycles. The van der Waals surface area contributed by atoms with Gasteiger partial charge in [-0.1, -0.05) is 0 Å². The molecule has 0 aromatic heterocycles. The monoisotopic (exact) mass is 267 g/mol. The predicted octanol–water partition coefficient (Wildman–Crippen LogP) is 2.03. The maximum absolute atomic E-state index is 13.6. The van der Waals surface area contributed by atoms with E-state index in [1.165, 1.54) is 7.11 Å². The van der Waals surface area contributed by atoms with Crippen LogP contribution in [-0.4, -0.2) is 29.7 Å². The van der Waals surface area contributed by atoms with E-state index >= 15 is 0 Å². The first-order valence-corrected chi connectivity index (χ1v) is 5.88. The standard InChI is InChI=1S/C13H14FNO4/c1-19-13(5-2-6-13)12(18)15-10-7-8(11(16)17)3-4-9(10)14/h3-4,7H,2,5-6H2,1H3,(H,15,18)(H,16,17). The molecule has 0 bridgehead atoms. The first-order valence-electron chi connectivity index (χ1n) is 5.88. The van der Waals surface area contributed by atoms with Gasteiger partial charge in [0.05, 0.1) is 11.3 Å². The van der Waals surface area contributed by atoms with E-state index in [2.05, 4.69) is 5.32 Å². The normalized spacial score (nSPS) is 16.5. The second-order valence-corrected chi connectivity index (χ2v) is 4.51. The van der Waals surface area contributed by atoms with Crippen LogP contribution in [0, 0.1) is 5.82 Å². The van der Waals surface area contributed by atoms with Crippen molar-refractivity contribution >= 4 is 17.6 Å². The first kappa shape index (κ1) is 13.5. The van der Waals surface area contributed by atoms with Gasteiger partial charge in [-0.25, -0.2) is 9.18 Å². The molecule has 1 aliphatic carbocycles. The molecular formula is C13H14FNO4. The second-order valence-electron chi connectivity index (χ2n) is 4.51. The van der Waals surface area contributed by atoms with E-state index in [-0.39, 0.29) is 11.3 Å². The minimum Gasteiger partial charge on any atom is -0.478 e. The highest BCUT2D eigenvalue weighted by Gasteiger charge is 2.44. The number of nitrogens with one attached hydrogen (secondary N) is 1. The molecule has 1 amide bonds. The average molecular weight is 267 g/mol. The van der Waals surface area contributed by atoms with E-state index in [4.69, 9.17) is 9.84 Å². The number of carbonyl (C=O) groups excluding carboxylic acids is 1. The summed E-state index contributed by atoms with van der Waals surface area (Å²) in [5.41, 5.74) is -1.14. The maximum atomic E-state index is 13.6. The first-order chi connectivity index (χ1) is 8.98. The molecule has 0 aliphatic heterocycles. The molecule has 1 fully saturated rings. The number of carboxylic acids is 1. The van der Waals surface area contributed by atoms with E-state index in [9.17, 15) is 14.0 Å². The van der Waals surface area contributed by atoms with Crippen LogP contribution in [0.3, 0.4) is 0 Å². The number of hydrogen-bond acceptors (Lipinski definition) is 3. The molecule has 0 radical (unpaired) electrons. The van der Waals surface area contributed by atoms with Crippen LogP contribution in [0.5, 0.6) is 0 Å². The van der Waals surface area contributed by atoms with E-state index in [1.807, 2.05) is 0 Å². The van der Waals surface area contributed by atoms with Crippen LogP contribution in [0.4, 0.5) is 10.1 Å². The van der Waals surface area contributed by atoms with Crippen molar-refractivity contribution < 1.29 is 23.8 Å². The molecule has 0 heterocycles. The lowest BCUT2D eigenvalue weighted by atomic mass is 9.79. The van der Waals surface area contributed by atoms with Gasteiger partial charge in [-0.2, -0.15) is 0 Å². The molecule has 19 heavy (non-hydrogen) atoms. The molecule has 1 aromatic rings. The van der Waals surface area contributed by atoms with Crippen molar-refractivity contribution in [2.45, 2.75) is 24.9 Å². The third-order valence-corrected chi connectivity index (χ3v) is 3.43. The number of amides is 1. The number of hydrogen-bond donors (Lipinski definition) is 2. The Hall–Kier alpha value is -1.95. The zero-order chi connectivity index (χ0) is 14.0. The summed E-state index contributed by atoms with van der Waals surface area (Å²) in [5.74, 6) is -2.30. The summed E-state index contributed by atoms with van der Waals surface area (Å²) in [7, 11) is 1.43. The lowest BCUT2D eigenvalue weighted by molar-refractivity contribution is -0.148. The van der Waals surface area contributed by atoms with Gasteiger partial charge in [0.2, 0.25) is 0 Å². The fourth-order valence-corrected chi connectivity index (χ4v) is 2.01. The Morgan fingerprint density at radius 2 is 2.11 bits per heavy atom. The van der Waals surface area contributed by atoms with Crippen LogP contribution in [0.25, 0.3) is 0 Å². The van der Waals surface area contributed by atoms with E-state index < -0.39 is 23.3 Å². The van der Waals surface area contributed by atoms with Gasteiger partial charge in [0.15, 0.2) is 0 Å². The number of carboxylic acid groups (broad SMARTS) is 1. The molecule has 1 aliphatic rings. The van der Waals surface area contributed by atoms with Gasteiger partial charge < -0.3 is 15.2 Å². The van der Waals surface area contributed by atoms with Gasteiger partial charge in [-0.05, 0) is 37.5 Å². The van der Waals surface area contributed by atoms with Gasteiger partial charge in [0.1, 0.15) is 11.4 Å². The van der Waals surface area contributed by atoms with E-state index in [0.717, 1.165) is 24.6 Å². The number of benzene rings is 1. The molecule has 0 spiro atoms. The number of ether oxygens (including phenoxy) is 1. The van der Waals surface area contributed by atoms with Crippen molar-refractivity contribution in [3.63, 3.8) is 0 Å². The largest absolute Gasteiger partial charge is 0.478 e. The van der Waals surface area contributed by atoms with Crippen molar-refractivity contribution in [2.24, 2.45) is 0 Å². The summed E-state index contributed by atoms with van der Waals surface area (Å²) in [4.78, 5) is 22.8. The molecule has 2 rings (SSSR count). The summed E-state index contributed by atoms with van der Waals surface area (Å²) in [5, 5.41) is 11.2. The summed E-state index contributed by atoms with van der Waals surface area (Å²) in [6.07, 6.45) is 2.03. The zero-order valence-corrected chi connectivity index (χ0v) is 10.4. The topological polar surface area (TPSA) is 75.6 Å². The number of rotatable bonds is 4. The van der Waals surface area contributed by atoms with Crippen molar-refractivity contribution in [3.05, 3.63) is 29.6 Å². The Balaban J connectivity index is 2.21. The fraction of sp³-hybridized carbons (Fsp3) is 0.385. The number of anilines is 1. The number of aromatic carboxylic acids is 1. The summed E-state index contributed by atoms with van der Waals surface area (Å²) >= 11 is 0. The summed E-state index contributed by atoms with van der Waals surface area (Å²) in [6.45, 7) is 0.